The lowest BCUT2D eigenvalue weighted by molar-refractivity contribution is -0.137. The summed E-state index contributed by atoms with van der Waals surface area (Å²) in [5.74, 6) is 0. The van der Waals surface area contributed by atoms with E-state index < -0.39 is 17.3 Å². The third kappa shape index (κ3) is 3.37. The fourth-order valence-corrected chi connectivity index (χ4v) is 2.77. The number of likely N-dealkylation sites (N-methyl/N-ethyl adjacent to an activating group) is 1. The van der Waals surface area contributed by atoms with Crippen LogP contribution in [0.25, 0.3) is 0 Å². The number of likely N-dealkylation sites (tertiary alicyclic amines) is 1. The monoisotopic (exact) mass is 307 g/mol. The quantitative estimate of drug-likeness (QED) is 0.902. The highest BCUT2D eigenvalue weighted by Gasteiger charge is 2.36. The maximum absolute atomic E-state index is 12.8. The van der Waals surface area contributed by atoms with Crippen LogP contribution >= 0.6 is 11.6 Å². The number of hydrogen-bond donors (Lipinski definition) is 2. The van der Waals surface area contributed by atoms with Crippen LogP contribution in [0.5, 0.6) is 0 Å². The molecule has 1 atom stereocenters. The molecule has 0 aromatic heterocycles. The van der Waals surface area contributed by atoms with Crippen LogP contribution in [-0.4, -0.2) is 37.1 Å². The molecule has 1 unspecified atom stereocenters. The number of alkyl halides is 3. The Hall–Kier alpha value is -0.980. The van der Waals surface area contributed by atoms with Crippen LogP contribution < -0.4 is 11.1 Å². The number of anilines is 1. The Morgan fingerprint density at radius 1 is 1.40 bits per heavy atom. The van der Waals surface area contributed by atoms with E-state index in [4.69, 9.17) is 17.3 Å². The first kappa shape index (κ1) is 15.4. The van der Waals surface area contributed by atoms with Gasteiger partial charge in [-0.05, 0) is 31.7 Å². The third-order valence-electron chi connectivity index (χ3n) is 3.57. The molecule has 0 spiro atoms. The van der Waals surface area contributed by atoms with Crippen LogP contribution in [-0.2, 0) is 6.18 Å². The zero-order valence-electron chi connectivity index (χ0n) is 11.1. The Kier molecular flexibility index (Phi) is 4.18. The number of benzene rings is 1. The van der Waals surface area contributed by atoms with E-state index in [1.165, 1.54) is 6.07 Å². The Bertz CT molecular complexity index is 492. The molecule has 1 aliphatic heterocycles. The van der Waals surface area contributed by atoms with Gasteiger partial charge in [-0.3, -0.25) is 0 Å². The van der Waals surface area contributed by atoms with Crippen LogP contribution in [0.15, 0.2) is 18.2 Å². The fourth-order valence-electron chi connectivity index (χ4n) is 2.53. The Labute approximate surface area is 120 Å². The van der Waals surface area contributed by atoms with Crippen molar-refractivity contribution in [3.8, 4) is 0 Å². The van der Waals surface area contributed by atoms with E-state index in [2.05, 4.69) is 10.2 Å². The van der Waals surface area contributed by atoms with Crippen LogP contribution in [0.3, 0.4) is 0 Å². The van der Waals surface area contributed by atoms with Crippen molar-refractivity contribution in [3.63, 3.8) is 0 Å². The van der Waals surface area contributed by atoms with Gasteiger partial charge < -0.3 is 16.0 Å². The van der Waals surface area contributed by atoms with Crippen molar-refractivity contribution in [3.05, 3.63) is 28.8 Å². The van der Waals surface area contributed by atoms with Gasteiger partial charge in [0.05, 0.1) is 11.1 Å². The maximum atomic E-state index is 12.8. The molecule has 112 valence electrons. The first-order valence-electron chi connectivity index (χ1n) is 6.29. The molecule has 1 aromatic carbocycles. The number of nitrogens with one attached hydrogen (secondary N) is 1. The maximum Gasteiger partial charge on any atom is 0.416 e. The second-order valence-corrected chi connectivity index (χ2v) is 5.76. The topological polar surface area (TPSA) is 41.3 Å². The molecule has 20 heavy (non-hydrogen) atoms. The molecule has 3 N–H and O–H groups in total. The van der Waals surface area contributed by atoms with Gasteiger partial charge in [-0.2, -0.15) is 13.2 Å². The average molecular weight is 308 g/mol. The second kappa shape index (κ2) is 5.42. The van der Waals surface area contributed by atoms with Gasteiger partial charge in [0.25, 0.3) is 0 Å². The molecule has 3 nitrogen and oxygen atoms in total. The minimum Gasteiger partial charge on any atom is -0.377 e. The van der Waals surface area contributed by atoms with Gasteiger partial charge in [0.1, 0.15) is 0 Å². The molecular formula is C13H17ClF3N3. The average Bonchev–Trinajstić information content (AvgIpc) is 2.69. The molecule has 0 saturated carbocycles. The van der Waals surface area contributed by atoms with Crippen LogP contribution in [0.2, 0.25) is 5.02 Å². The lowest BCUT2D eigenvalue weighted by Gasteiger charge is -2.30. The highest BCUT2D eigenvalue weighted by atomic mass is 35.5. The van der Waals surface area contributed by atoms with E-state index >= 15 is 0 Å². The minimum atomic E-state index is -4.41. The van der Waals surface area contributed by atoms with Gasteiger partial charge >= 0.3 is 6.18 Å². The van der Waals surface area contributed by atoms with Gasteiger partial charge in [-0.15, -0.1) is 0 Å². The first-order chi connectivity index (χ1) is 9.24. The molecule has 1 saturated heterocycles. The van der Waals surface area contributed by atoms with Crippen molar-refractivity contribution < 1.29 is 13.2 Å². The largest absolute Gasteiger partial charge is 0.416 e. The van der Waals surface area contributed by atoms with Gasteiger partial charge in [0, 0.05) is 30.3 Å². The molecule has 0 aliphatic carbocycles. The van der Waals surface area contributed by atoms with E-state index in [1.807, 2.05) is 7.05 Å². The number of rotatable bonds is 3. The molecule has 1 heterocycles. The van der Waals surface area contributed by atoms with Gasteiger partial charge in [0.2, 0.25) is 0 Å². The fraction of sp³-hybridized carbons (Fsp3) is 0.538. The molecule has 1 fully saturated rings. The molecule has 1 aromatic rings. The van der Waals surface area contributed by atoms with Crippen molar-refractivity contribution in [2.24, 2.45) is 5.73 Å². The van der Waals surface area contributed by atoms with Gasteiger partial charge in [-0.1, -0.05) is 11.6 Å². The number of halogens is 4. The van der Waals surface area contributed by atoms with E-state index in [1.54, 1.807) is 0 Å². The first-order valence-corrected chi connectivity index (χ1v) is 6.66. The van der Waals surface area contributed by atoms with Crippen LogP contribution in [0.4, 0.5) is 18.9 Å². The van der Waals surface area contributed by atoms with Crippen molar-refractivity contribution >= 4 is 17.3 Å². The summed E-state index contributed by atoms with van der Waals surface area (Å²) in [6.45, 7) is 1.90. The van der Waals surface area contributed by atoms with Crippen molar-refractivity contribution in [2.45, 2.75) is 18.1 Å². The highest BCUT2D eigenvalue weighted by molar-refractivity contribution is 6.30. The summed E-state index contributed by atoms with van der Waals surface area (Å²) in [4.78, 5) is 2.09. The van der Waals surface area contributed by atoms with Crippen LogP contribution in [0, 0.1) is 0 Å². The van der Waals surface area contributed by atoms with E-state index in [0.717, 1.165) is 25.1 Å². The summed E-state index contributed by atoms with van der Waals surface area (Å²) < 4.78 is 38.3. The predicted octanol–water partition coefficient (Wildman–Crippen LogP) is 2.80. The van der Waals surface area contributed by atoms with Crippen molar-refractivity contribution in [1.29, 1.82) is 0 Å². The van der Waals surface area contributed by atoms with Gasteiger partial charge in [-0.25, -0.2) is 0 Å². The van der Waals surface area contributed by atoms with Crippen molar-refractivity contribution in [2.75, 3.05) is 32.0 Å². The molecule has 7 heteroatoms. The zero-order chi connectivity index (χ0) is 15.0. The number of nitrogens with two attached hydrogens (primary N) is 1. The Balaban J connectivity index is 2.27. The summed E-state index contributed by atoms with van der Waals surface area (Å²) in [6.07, 6.45) is -3.63. The highest BCUT2D eigenvalue weighted by Crippen LogP contribution is 2.34. The summed E-state index contributed by atoms with van der Waals surface area (Å²) in [7, 11) is 1.96. The molecular weight excluding hydrogens is 291 g/mol. The van der Waals surface area contributed by atoms with Crippen molar-refractivity contribution in [1.82, 2.24) is 4.90 Å². The molecule has 0 radical (unpaired) electrons. The Morgan fingerprint density at radius 2 is 2.10 bits per heavy atom. The zero-order valence-corrected chi connectivity index (χ0v) is 11.9. The summed E-state index contributed by atoms with van der Waals surface area (Å²) in [6, 6.07) is 3.48. The van der Waals surface area contributed by atoms with Crippen LogP contribution in [0.1, 0.15) is 12.0 Å². The summed E-state index contributed by atoms with van der Waals surface area (Å²) in [5, 5.41) is 3.19. The lowest BCUT2D eigenvalue weighted by atomic mass is 9.98. The second-order valence-electron chi connectivity index (χ2n) is 5.32. The minimum absolute atomic E-state index is 0.0563. The molecule has 1 aliphatic rings. The molecule has 0 bridgehead atoms. The normalized spacial score (nSPS) is 24.1. The third-order valence-corrected chi connectivity index (χ3v) is 3.79. The van der Waals surface area contributed by atoms with E-state index in [-0.39, 0.29) is 5.02 Å². The van der Waals surface area contributed by atoms with E-state index in [0.29, 0.717) is 18.8 Å². The molecule has 2 rings (SSSR count). The standard InChI is InChI=1S/C13H17ClF3N3/c1-20-3-2-12(7-18,8-20)19-11-5-9(13(15,16)17)4-10(14)6-11/h4-6,19H,2-3,7-8,18H2,1H3. The lowest BCUT2D eigenvalue weighted by Crippen LogP contribution is -2.47. The number of hydrogen-bond acceptors (Lipinski definition) is 3. The number of nitrogens with zero attached hydrogens (tertiary/aromatic N) is 1. The Morgan fingerprint density at radius 3 is 2.60 bits per heavy atom. The summed E-state index contributed by atoms with van der Waals surface area (Å²) >= 11 is 5.78. The summed E-state index contributed by atoms with van der Waals surface area (Å²) in [5.41, 5.74) is 4.99. The predicted molar refractivity (Wildman–Crippen MR) is 74.0 cm³/mol. The van der Waals surface area contributed by atoms with E-state index in [9.17, 15) is 13.2 Å². The smallest absolute Gasteiger partial charge is 0.377 e. The van der Waals surface area contributed by atoms with Gasteiger partial charge in [0.15, 0.2) is 0 Å². The SMILES string of the molecule is CN1CCC(CN)(Nc2cc(Cl)cc(C(F)(F)F)c2)C1. The molecule has 0 amide bonds.